The standard InChI is InChI=1S/C25H29Cl2N3O4S/c26-20-9-8-19(22(27)16-20)17-35(33,34)30-14-10-18(11-15-30)24(31)28-23-7-3-2-6-21(23)25(32)29-12-4-1-5-13-29/h2-3,6-9,16,18H,1,4-5,10-15,17H2,(H,28,31). The lowest BCUT2D eigenvalue weighted by Gasteiger charge is -2.31. The molecule has 7 nitrogen and oxygen atoms in total. The molecule has 4 rings (SSSR count). The Balaban J connectivity index is 1.36. The minimum atomic E-state index is -3.59. The van der Waals surface area contributed by atoms with Crippen molar-refractivity contribution in [1.82, 2.24) is 9.21 Å². The minimum absolute atomic E-state index is 0.0672. The minimum Gasteiger partial charge on any atom is -0.339 e. The molecule has 0 saturated carbocycles. The Morgan fingerprint density at radius 1 is 0.943 bits per heavy atom. The molecule has 2 fully saturated rings. The number of amides is 2. The third-order valence-electron chi connectivity index (χ3n) is 6.63. The molecular weight excluding hydrogens is 509 g/mol. The molecule has 2 aliphatic rings. The van der Waals surface area contributed by atoms with Crippen LogP contribution in [0.2, 0.25) is 10.0 Å². The van der Waals surface area contributed by atoms with Crippen molar-refractivity contribution in [2.75, 3.05) is 31.5 Å². The van der Waals surface area contributed by atoms with Crippen LogP contribution in [0.4, 0.5) is 5.69 Å². The Kier molecular flexibility index (Phi) is 8.37. The van der Waals surface area contributed by atoms with Gasteiger partial charge in [-0.2, -0.15) is 0 Å². The predicted molar refractivity (Wildman–Crippen MR) is 138 cm³/mol. The number of sulfonamides is 1. The fourth-order valence-electron chi connectivity index (χ4n) is 4.60. The number of anilines is 1. The van der Waals surface area contributed by atoms with Gasteiger partial charge < -0.3 is 10.2 Å². The monoisotopic (exact) mass is 537 g/mol. The molecule has 0 atom stereocenters. The van der Waals surface area contributed by atoms with E-state index in [2.05, 4.69) is 5.32 Å². The van der Waals surface area contributed by atoms with Crippen LogP contribution < -0.4 is 5.32 Å². The molecule has 2 heterocycles. The highest BCUT2D eigenvalue weighted by Gasteiger charge is 2.32. The lowest BCUT2D eigenvalue weighted by molar-refractivity contribution is -0.120. The third kappa shape index (κ3) is 6.36. The van der Waals surface area contributed by atoms with E-state index in [9.17, 15) is 18.0 Å². The number of halogens is 2. The van der Waals surface area contributed by atoms with Gasteiger partial charge in [0.1, 0.15) is 0 Å². The molecule has 2 aromatic rings. The molecule has 0 unspecified atom stereocenters. The normalized spacial score (nSPS) is 17.8. The molecule has 35 heavy (non-hydrogen) atoms. The molecule has 0 radical (unpaired) electrons. The number of nitrogens with zero attached hydrogens (tertiary/aromatic N) is 2. The Morgan fingerprint density at radius 3 is 2.31 bits per heavy atom. The van der Waals surface area contributed by atoms with Crippen molar-refractivity contribution < 1.29 is 18.0 Å². The SMILES string of the molecule is O=C(Nc1ccccc1C(=O)N1CCCCC1)C1CCN(S(=O)(=O)Cc2ccc(Cl)cc2Cl)CC1. The van der Waals surface area contributed by atoms with Crippen molar-refractivity contribution >= 4 is 50.7 Å². The smallest absolute Gasteiger partial charge is 0.255 e. The molecule has 0 spiro atoms. The number of rotatable bonds is 6. The average Bonchev–Trinajstić information content (AvgIpc) is 2.86. The van der Waals surface area contributed by atoms with Gasteiger partial charge in [-0.05, 0) is 61.9 Å². The maximum Gasteiger partial charge on any atom is 0.255 e. The zero-order valence-electron chi connectivity index (χ0n) is 19.4. The van der Waals surface area contributed by atoms with Crippen molar-refractivity contribution in [1.29, 1.82) is 0 Å². The highest BCUT2D eigenvalue weighted by molar-refractivity contribution is 7.88. The Bertz CT molecular complexity index is 1190. The number of carbonyl (C=O) groups is 2. The number of likely N-dealkylation sites (tertiary alicyclic amines) is 1. The van der Waals surface area contributed by atoms with E-state index < -0.39 is 10.0 Å². The molecule has 2 saturated heterocycles. The van der Waals surface area contributed by atoms with Crippen LogP contribution in [0.25, 0.3) is 0 Å². The number of hydrogen-bond donors (Lipinski definition) is 1. The van der Waals surface area contributed by atoms with Crippen LogP contribution in [0.15, 0.2) is 42.5 Å². The summed E-state index contributed by atoms with van der Waals surface area (Å²) >= 11 is 12.1. The molecular formula is C25H29Cl2N3O4S. The van der Waals surface area contributed by atoms with Crippen LogP contribution in [0.5, 0.6) is 0 Å². The van der Waals surface area contributed by atoms with E-state index in [1.54, 1.807) is 36.4 Å². The first-order valence-corrected chi connectivity index (χ1v) is 14.2. The molecule has 0 bridgehead atoms. The summed E-state index contributed by atoms with van der Waals surface area (Å²) in [6.07, 6.45) is 3.92. The van der Waals surface area contributed by atoms with E-state index in [0.717, 1.165) is 32.4 Å². The van der Waals surface area contributed by atoms with E-state index in [0.29, 0.717) is 39.7 Å². The van der Waals surface area contributed by atoms with Crippen molar-refractivity contribution in [2.24, 2.45) is 5.92 Å². The van der Waals surface area contributed by atoms with Gasteiger partial charge in [0, 0.05) is 42.1 Å². The molecule has 0 aromatic heterocycles. The Morgan fingerprint density at radius 2 is 1.63 bits per heavy atom. The quantitative estimate of drug-likeness (QED) is 0.573. The topological polar surface area (TPSA) is 86.8 Å². The van der Waals surface area contributed by atoms with Crippen LogP contribution >= 0.6 is 23.2 Å². The molecule has 2 aromatic carbocycles. The van der Waals surface area contributed by atoms with Crippen LogP contribution in [0.3, 0.4) is 0 Å². The summed E-state index contributed by atoms with van der Waals surface area (Å²) in [6.45, 7) is 1.96. The summed E-state index contributed by atoms with van der Waals surface area (Å²) in [5.74, 6) is -0.811. The molecule has 0 aliphatic carbocycles. The predicted octanol–water partition coefficient (Wildman–Crippen LogP) is 4.80. The molecule has 10 heteroatoms. The van der Waals surface area contributed by atoms with Crippen LogP contribution in [-0.4, -0.2) is 55.6 Å². The molecule has 1 N–H and O–H groups in total. The van der Waals surface area contributed by atoms with Gasteiger partial charge in [-0.1, -0.05) is 41.4 Å². The van der Waals surface area contributed by atoms with Crippen LogP contribution in [0, 0.1) is 5.92 Å². The lowest BCUT2D eigenvalue weighted by atomic mass is 9.97. The molecule has 2 aliphatic heterocycles. The van der Waals surface area contributed by atoms with Crippen LogP contribution in [0.1, 0.15) is 48.0 Å². The van der Waals surface area contributed by atoms with Crippen molar-refractivity contribution in [2.45, 2.75) is 37.9 Å². The molecule has 2 amide bonds. The highest BCUT2D eigenvalue weighted by Crippen LogP contribution is 2.27. The largest absolute Gasteiger partial charge is 0.339 e. The van der Waals surface area contributed by atoms with E-state index >= 15 is 0 Å². The van der Waals surface area contributed by atoms with E-state index in [1.165, 1.54) is 10.4 Å². The van der Waals surface area contributed by atoms with Gasteiger partial charge in [-0.25, -0.2) is 12.7 Å². The Labute approximate surface area is 216 Å². The summed E-state index contributed by atoms with van der Waals surface area (Å²) in [4.78, 5) is 27.9. The van der Waals surface area contributed by atoms with Gasteiger partial charge in [-0.3, -0.25) is 9.59 Å². The van der Waals surface area contributed by atoms with Crippen molar-refractivity contribution in [3.05, 3.63) is 63.6 Å². The number of carbonyl (C=O) groups excluding carboxylic acids is 2. The number of nitrogens with one attached hydrogen (secondary N) is 1. The number of hydrogen-bond acceptors (Lipinski definition) is 4. The summed E-state index contributed by atoms with van der Waals surface area (Å²) in [5, 5.41) is 3.68. The van der Waals surface area contributed by atoms with E-state index in [-0.39, 0.29) is 36.6 Å². The first-order chi connectivity index (χ1) is 16.7. The number of benzene rings is 2. The van der Waals surface area contributed by atoms with Gasteiger partial charge in [0.25, 0.3) is 5.91 Å². The van der Waals surface area contributed by atoms with Gasteiger partial charge in [0.05, 0.1) is 17.0 Å². The number of para-hydroxylation sites is 1. The van der Waals surface area contributed by atoms with E-state index in [4.69, 9.17) is 23.2 Å². The van der Waals surface area contributed by atoms with Crippen molar-refractivity contribution in [3.63, 3.8) is 0 Å². The van der Waals surface area contributed by atoms with Gasteiger partial charge in [-0.15, -0.1) is 0 Å². The third-order valence-corrected chi connectivity index (χ3v) is 9.04. The fourth-order valence-corrected chi connectivity index (χ4v) is 6.75. The molecule has 188 valence electrons. The second-order valence-corrected chi connectivity index (χ2v) is 11.9. The van der Waals surface area contributed by atoms with Gasteiger partial charge in [0.2, 0.25) is 15.9 Å². The van der Waals surface area contributed by atoms with Crippen molar-refractivity contribution in [3.8, 4) is 0 Å². The second-order valence-electron chi connectivity index (χ2n) is 9.05. The zero-order valence-corrected chi connectivity index (χ0v) is 21.7. The number of piperidine rings is 2. The summed E-state index contributed by atoms with van der Waals surface area (Å²) in [5.41, 5.74) is 1.48. The Hall–Kier alpha value is -2.13. The zero-order chi connectivity index (χ0) is 25.0. The van der Waals surface area contributed by atoms with Gasteiger partial charge in [0.15, 0.2) is 0 Å². The van der Waals surface area contributed by atoms with Crippen LogP contribution in [-0.2, 0) is 20.6 Å². The first-order valence-electron chi connectivity index (χ1n) is 11.9. The fraction of sp³-hybridized carbons (Fsp3) is 0.440. The average molecular weight is 538 g/mol. The lowest BCUT2D eigenvalue weighted by Crippen LogP contribution is -2.42. The van der Waals surface area contributed by atoms with Gasteiger partial charge >= 0.3 is 0 Å². The first kappa shape index (κ1) is 25.9. The summed E-state index contributed by atoms with van der Waals surface area (Å²) in [6, 6.07) is 11.8. The van der Waals surface area contributed by atoms with E-state index in [1.807, 2.05) is 4.90 Å². The summed E-state index contributed by atoms with van der Waals surface area (Å²) in [7, 11) is -3.59. The maximum atomic E-state index is 13.0. The second kappa shape index (κ2) is 11.3. The highest BCUT2D eigenvalue weighted by atomic mass is 35.5. The summed E-state index contributed by atoms with van der Waals surface area (Å²) < 4.78 is 27.3. The maximum absolute atomic E-state index is 13.0.